The van der Waals surface area contributed by atoms with Gasteiger partial charge in [0.25, 0.3) is 5.91 Å². The summed E-state index contributed by atoms with van der Waals surface area (Å²) in [5.41, 5.74) is 2.56. The topological polar surface area (TPSA) is 98.0 Å². The molecule has 8 nitrogen and oxygen atoms in total. The number of fused-ring (bicyclic) bond motifs is 1. The minimum atomic E-state index is -3.78. The van der Waals surface area contributed by atoms with Crippen LogP contribution < -0.4 is 4.80 Å². The van der Waals surface area contributed by atoms with E-state index in [9.17, 15) is 18.0 Å². The summed E-state index contributed by atoms with van der Waals surface area (Å²) in [5.74, 6) is -1.03. The molecule has 0 aliphatic heterocycles. The SMILES string of the molecule is CCOC(=O)Cn1c(=NC(=O)c2ccc(S(=O)(=O)N(CC)Cc3ccccc3)cc2)sc2ccc(Cl)c(C)c21. The van der Waals surface area contributed by atoms with E-state index in [0.29, 0.717) is 21.9 Å². The van der Waals surface area contributed by atoms with E-state index in [4.69, 9.17) is 16.3 Å². The third-order valence-corrected chi connectivity index (χ3v) is 9.50. The third kappa shape index (κ3) is 6.30. The van der Waals surface area contributed by atoms with Crippen LogP contribution in [-0.2, 0) is 32.6 Å². The van der Waals surface area contributed by atoms with Crippen LogP contribution in [0.5, 0.6) is 0 Å². The van der Waals surface area contributed by atoms with Crippen molar-refractivity contribution in [1.29, 1.82) is 0 Å². The standard InChI is InChI=1S/C28H28ClN3O5S2/c1-4-31(17-20-9-7-6-8-10-20)39(35,36)22-13-11-21(12-14-22)27(34)30-28-32(18-25(33)37-5-2)26-19(3)23(29)15-16-24(26)38-28/h6-16H,4-5,17-18H2,1-3H3. The van der Waals surface area contributed by atoms with Gasteiger partial charge in [0.1, 0.15) is 6.54 Å². The van der Waals surface area contributed by atoms with Gasteiger partial charge < -0.3 is 9.30 Å². The van der Waals surface area contributed by atoms with Gasteiger partial charge in [0.15, 0.2) is 4.80 Å². The zero-order valence-electron chi connectivity index (χ0n) is 21.8. The number of nitrogens with zero attached hydrogens (tertiary/aromatic N) is 3. The quantitative estimate of drug-likeness (QED) is 0.252. The molecule has 39 heavy (non-hydrogen) atoms. The second kappa shape index (κ2) is 12.3. The molecule has 0 spiro atoms. The number of halogens is 1. The van der Waals surface area contributed by atoms with Crippen molar-refractivity contribution in [2.24, 2.45) is 4.99 Å². The minimum Gasteiger partial charge on any atom is -0.465 e. The number of ether oxygens (including phenoxy) is 1. The van der Waals surface area contributed by atoms with Crippen LogP contribution >= 0.6 is 22.9 Å². The Balaban J connectivity index is 1.66. The molecule has 204 valence electrons. The molecule has 0 aliphatic rings. The van der Waals surface area contributed by atoms with Gasteiger partial charge in [0, 0.05) is 23.7 Å². The Bertz CT molecular complexity index is 1680. The Hall–Kier alpha value is -3.31. The normalized spacial score (nSPS) is 12.3. The number of aryl methyl sites for hydroxylation is 1. The summed E-state index contributed by atoms with van der Waals surface area (Å²) >= 11 is 7.57. The predicted octanol–water partition coefficient (Wildman–Crippen LogP) is 5.18. The monoisotopic (exact) mass is 585 g/mol. The number of hydrogen-bond acceptors (Lipinski definition) is 6. The second-order valence-corrected chi connectivity index (χ2v) is 12.0. The molecule has 11 heteroatoms. The van der Waals surface area contributed by atoms with Crippen LogP contribution in [0.2, 0.25) is 5.02 Å². The lowest BCUT2D eigenvalue weighted by atomic mass is 10.2. The van der Waals surface area contributed by atoms with E-state index in [1.54, 1.807) is 24.5 Å². The van der Waals surface area contributed by atoms with Gasteiger partial charge >= 0.3 is 5.97 Å². The highest BCUT2D eigenvalue weighted by atomic mass is 35.5. The van der Waals surface area contributed by atoms with Crippen molar-refractivity contribution in [2.75, 3.05) is 13.2 Å². The van der Waals surface area contributed by atoms with Gasteiger partial charge in [-0.05, 0) is 61.4 Å². The molecule has 0 fully saturated rings. The van der Waals surface area contributed by atoms with E-state index in [2.05, 4.69) is 4.99 Å². The van der Waals surface area contributed by atoms with E-state index in [1.807, 2.05) is 43.3 Å². The average Bonchev–Trinajstić information content (AvgIpc) is 3.27. The van der Waals surface area contributed by atoms with Gasteiger partial charge in [0.2, 0.25) is 10.0 Å². The molecule has 0 saturated carbocycles. The van der Waals surface area contributed by atoms with Crippen LogP contribution in [0, 0.1) is 6.92 Å². The number of aromatic nitrogens is 1. The van der Waals surface area contributed by atoms with Gasteiger partial charge in [0.05, 0.1) is 21.7 Å². The first-order chi connectivity index (χ1) is 18.6. The van der Waals surface area contributed by atoms with Crippen molar-refractivity contribution in [3.05, 3.63) is 93.2 Å². The van der Waals surface area contributed by atoms with Crippen LogP contribution in [0.4, 0.5) is 0 Å². The van der Waals surface area contributed by atoms with Crippen LogP contribution in [0.1, 0.15) is 35.3 Å². The molecule has 3 aromatic carbocycles. The lowest BCUT2D eigenvalue weighted by Gasteiger charge is -2.20. The number of thiazole rings is 1. The molecule has 0 bridgehead atoms. The highest BCUT2D eigenvalue weighted by Crippen LogP contribution is 2.27. The van der Waals surface area contributed by atoms with Crippen molar-refractivity contribution in [3.63, 3.8) is 0 Å². The summed E-state index contributed by atoms with van der Waals surface area (Å²) < 4.78 is 35.5. The summed E-state index contributed by atoms with van der Waals surface area (Å²) in [5, 5.41) is 0.529. The maximum atomic E-state index is 13.3. The number of sulfonamides is 1. The fraction of sp³-hybridized carbons (Fsp3) is 0.250. The fourth-order valence-corrected chi connectivity index (χ4v) is 6.78. The molecule has 0 atom stereocenters. The lowest BCUT2D eigenvalue weighted by molar-refractivity contribution is -0.143. The van der Waals surface area contributed by atoms with E-state index in [1.165, 1.54) is 39.9 Å². The third-order valence-electron chi connectivity index (χ3n) is 6.11. The molecule has 0 radical (unpaired) electrons. The van der Waals surface area contributed by atoms with Crippen molar-refractivity contribution in [2.45, 2.75) is 38.8 Å². The Morgan fingerprint density at radius 1 is 1.03 bits per heavy atom. The van der Waals surface area contributed by atoms with E-state index < -0.39 is 21.9 Å². The average molecular weight is 586 g/mol. The molecule has 0 N–H and O–H groups in total. The molecule has 1 amide bonds. The zero-order chi connectivity index (χ0) is 28.2. The number of hydrogen-bond donors (Lipinski definition) is 0. The number of esters is 1. The van der Waals surface area contributed by atoms with Crippen molar-refractivity contribution in [3.8, 4) is 0 Å². The van der Waals surface area contributed by atoms with Gasteiger partial charge in [-0.25, -0.2) is 8.42 Å². The van der Waals surface area contributed by atoms with Gasteiger partial charge in [-0.2, -0.15) is 9.30 Å². The Labute approximate surface area is 236 Å². The van der Waals surface area contributed by atoms with Crippen LogP contribution in [0.15, 0.2) is 76.6 Å². The van der Waals surface area contributed by atoms with Gasteiger partial charge in [-0.1, -0.05) is 60.2 Å². The Kier molecular flexibility index (Phi) is 9.01. The van der Waals surface area contributed by atoms with Crippen molar-refractivity contribution < 1.29 is 22.7 Å². The summed E-state index contributed by atoms with van der Waals surface area (Å²) in [4.78, 5) is 30.1. The number of carbonyl (C=O) groups excluding carboxylic acids is 2. The molecule has 0 aliphatic carbocycles. The van der Waals surface area contributed by atoms with Crippen molar-refractivity contribution in [1.82, 2.24) is 8.87 Å². The molecule has 0 unspecified atom stereocenters. The Morgan fingerprint density at radius 2 is 1.72 bits per heavy atom. The second-order valence-electron chi connectivity index (χ2n) is 8.65. The minimum absolute atomic E-state index is 0.0846. The number of carbonyl (C=O) groups is 2. The van der Waals surface area contributed by atoms with E-state index in [-0.39, 0.29) is 30.2 Å². The zero-order valence-corrected chi connectivity index (χ0v) is 24.1. The van der Waals surface area contributed by atoms with Crippen molar-refractivity contribution >= 4 is 55.1 Å². The Morgan fingerprint density at radius 3 is 2.36 bits per heavy atom. The van der Waals surface area contributed by atoms with Gasteiger partial charge in [-0.3, -0.25) is 9.59 Å². The predicted molar refractivity (Wildman–Crippen MR) is 152 cm³/mol. The van der Waals surface area contributed by atoms with Crippen LogP contribution in [-0.4, -0.2) is 42.3 Å². The molecule has 0 saturated heterocycles. The lowest BCUT2D eigenvalue weighted by Crippen LogP contribution is -2.30. The van der Waals surface area contributed by atoms with Crippen LogP contribution in [0.25, 0.3) is 10.2 Å². The maximum Gasteiger partial charge on any atom is 0.326 e. The highest BCUT2D eigenvalue weighted by molar-refractivity contribution is 7.89. The maximum absolute atomic E-state index is 13.3. The number of benzene rings is 3. The molecule has 1 heterocycles. The molecular formula is C28H28ClN3O5S2. The molecule has 4 rings (SSSR count). The number of rotatable bonds is 9. The summed E-state index contributed by atoms with van der Waals surface area (Å²) in [6.07, 6.45) is 0. The molecule has 4 aromatic rings. The van der Waals surface area contributed by atoms with Gasteiger partial charge in [-0.15, -0.1) is 0 Å². The van der Waals surface area contributed by atoms with Crippen LogP contribution in [0.3, 0.4) is 0 Å². The summed E-state index contributed by atoms with van der Waals surface area (Å²) in [7, 11) is -3.78. The first-order valence-corrected chi connectivity index (χ1v) is 15.0. The molecular weight excluding hydrogens is 558 g/mol. The smallest absolute Gasteiger partial charge is 0.326 e. The molecule has 1 aromatic heterocycles. The largest absolute Gasteiger partial charge is 0.465 e. The van der Waals surface area contributed by atoms with E-state index >= 15 is 0 Å². The summed E-state index contributed by atoms with van der Waals surface area (Å²) in [6.45, 7) is 5.96. The number of amides is 1. The van der Waals surface area contributed by atoms with E-state index in [0.717, 1.165) is 15.8 Å². The first-order valence-electron chi connectivity index (χ1n) is 12.3. The fourth-order valence-electron chi connectivity index (χ4n) is 4.11. The summed E-state index contributed by atoms with van der Waals surface area (Å²) in [6, 6.07) is 18.6. The first kappa shape index (κ1) is 28.7. The highest BCUT2D eigenvalue weighted by Gasteiger charge is 2.24.